The molecule has 1 saturated carbocycles. The van der Waals surface area contributed by atoms with Gasteiger partial charge in [0.15, 0.2) is 5.60 Å². The first-order valence-corrected chi connectivity index (χ1v) is 7.66. The van der Waals surface area contributed by atoms with Crippen LogP contribution in [-0.4, -0.2) is 42.0 Å². The van der Waals surface area contributed by atoms with Gasteiger partial charge in [0.2, 0.25) is 5.82 Å². The molecule has 1 heterocycles. The zero-order valence-corrected chi connectivity index (χ0v) is 14.0. The van der Waals surface area contributed by atoms with Crippen molar-refractivity contribution in [2.45, 2.75) is 30.8 Å². The topological polar surface area (TPSA) is 86.5 Å². The third kappa shape index (κ3) is 3.42. The number of hydrogen-bond acceptors (Lipinski definition) is 6. The molecule has 0 aliphatic heterocycles. The van der Waals surface area contributed by atoms with Crippen LogP contribution in [0.25, 0.3) is 11.4 Å². The fourth-order valence-corrected chi connectivity index (χ4v) is 2.60. The summed E-state index contributed by atoms with van der Waals surface area (Å²) in [6.45, 7) is 0.237. The Kier molecular flexibility index (Phi) is 4.72. The smallest absolute Gasteiger partial charge is 0.378 e. The zero-order chi connectivity index (χ0) is 18.9. The standard InChI is InChI=1S/C16H16F3N3O4/c1-24-11-7-15(11,25-2)13(23)20-8-9-3-5-10(6-4-9)12-21-14(26-22-12)16(17,18)19/h3-6,11H,7-8H2,1-2H3,(H,20,23). The van der Waals surface area contributed by atoms with E-state index in [0.29, 0.717) is 12.0 Å². The monoisotopic (exact) mass is 371 g/mol. The molecule has 0 radical (unpaired) electrons. The molecule has 10 heteroatoms. The summed E-state index contributed by atoms with van der Waals surface area (Å²) in [5.41, 5.74) is 0.171. The summed E-state index contributed by atoms with van der Waals surface area (Å²) in [6.07, 6.45) is -4.46. The summed E-state index contributed by atoms with van der Waals surface area (Å²) >= 11 is 0. The van der Waals surface area contributed by atoms with Crippen molar-refractivity contribution in [2.75, 3.05) is 14.2 Å². The van der Waals surface area contributed by atoms with Gasteiger partial charge in [-0.15, -0.1) is 0 Å². The summed E-state index contributed by atoms with van der Waals surface area (Å²) in [5, 5.41) is 6.08. The fourth-order valence-electron chi connectivity index (χ4n) is 2.60. The molecule has 1 aromatic carbocycles. The number of halogens is 3. The second-order valence-corrected chi connectivity index (χ2v) is 5.82. The number of nitrogens with zero attached hydrogens (tertiary/aromatic N) is 2. The van der Waals surface area contributed by atoms with Gasteiger partial charge < -0.3 is 19.3 Å². The highest BCUT2D eigenvalue weighted by Crippen LogP contribution is 2.42. The number of amides is 1. The van der Waals surface area contributed by atoms with Gasteiger partial charge in [-0.3, -0.25) is 4.79 Å². The van der Waals surface area contributed by atoms with E-state index in [1.807, 2.05) is 0 Å². The number of ether oxygens (including phenoxy) is 2. The molecule has 1 amide bonds. The van der Waals surface area contributed by atoms with E-state index in [9.17, 15) is 18.0 Å². The lowest BCUT2D eigenvalue weighted by atomic mass is 10.1. The number of alkyl halides is 3. The van der Waals surface area contributed by atoms with E-state index in [-0.39, 0.29) is 24.4 Å². The highest BCUT2D eigenvalue weighted by Gasteiger charge is 2.62. The molecule has 2 unspecified atom stereocenters. The van der Waals surface area contributed by atoms with E-state index in [0.717, 1.165) is 5.56 Å². The van der Waals surface area contributed by atoms with E-state index < -0.39 is 17.7 Å². The maximum Gasteiger partial charge on any atom is 0.471 e. The van der Waals surface area contributed by atoms with Gasteiger partial charge in [-0.1, -0.05) is 29.4 Å². The van der Waals surface area contributed by atoms with Gasteiger partial charge >= 0.3 is 12.1 Å². The Morgan fingerprint density at radius 1 is 1.35 bits per heavy atom. The Labute approximate surface area is 146 Å². The van der Waals surface area contributed by atoms with E-state index in [4.69, 9.17) is 9.47 Å². The number of rotatable bonds is 6. The lowest BCUT2D eigenvalue weighted by Crippen LogP contribution is -2.40. The second-order valence-electron chi connectivity index (χ2n) is 5.82. The van der Waals surface area contributed by atoms with Crippen molar-refractivity contribution in [2.24, 2.45) is 0 Å². The average molecular weight is 371 g/mol. The molecule has 1 aliphatic rings. The molecule has 0 spiro atoms. The third-order valence-corrected chi connectivity index (χ3v) is 4.22. The van der Waals surface area contributed by atoms with Crippen molar-refractivity contribution in [1.82, 2.24) is 15.5 Å². The Hall–Kier alpha value is -2.46. The van der Waals surface area contributed by atoms with Crippen LogP contribution in [0.4, 0.5) is 13.2 Å². The first-order valence-electron chi connectivity index (χ1n) is 7.66. The molecule has 1 aromatic heterocycles. The fraction of sp³-hybridized carbons (Fsp3) is 0.438. The normalized spacial score (nSPS) is 22.3. The highest BCUT2D eigenvalue weighted by atomic mass is 19.4. The predicted octanol–water partition coefficient (Wildman–Crippen LogP) is 2.18. The molecule has 140 valence electrons. The van der Waals surface area contributed by atoms with Crippen LogP contribution in [0.1, 0.15) is 17.9 Å². The summed E-state index contributed by atoms with van der Waals surface area (Å²) in [5.74, 6) is -1.83. The van der Waals surface area contributed by atoms with Crippen LogP contribution in [0.15, 0.2) is 28.8 Å². The van der Waals surface area contributed by atoms with Crippen molar-refractivity contribution in [3.63, 3.8) is 0 Å². The number of methoxy groups -OCH3 is 2. The number of aromatic nitrogens is 2. The molecule has 2 atom stereocenters. The van der Waals surface area contributed by atoms with E-state index >= 15 is 0 Å². The van der Waals surface area contributed by atoms with Gasteiger partial charge in [0.25, 0.3) is 5.91 Å². The van der Waals surface area contributed by atoms with Gasteiger partial charge in [-0.25, -0.2) is 0 Å². The minimum absolute atomic E-state index is 0.160. The van der Waals surface area contributed by atoms with Gasteiger partial charge in [-0.2, -0.15) is 18.2 Å². The first kappa shape index (κ1) is 18.3. The summed E-state index contributed by atoms with van der Waals surface area (Å²) in [4.78, 5) is 15.6. The quantitative estimate of drug-likeness (QED) is 0.838. The maximum absolute atomic E-state index is 12.5. The van der Waals surface area contributed by atoms with Crippen LogP contribution in [0.2, 0.25) is 0 Å². The number of hydrogen-bond donors (Lipinski definition) is 1. The SMILES string of the molecule is COC1CC1(OC)C(=O)NCc1ccc(-c2noc(C(F)(F)F)n2)cc1. The second kappa shape index (κ2) is 6.69. The van der Waals surface area contributed by atoms with E-state index in [2.05, 4.69) is 20.0 Å². The molecule has 1 fully saturated rings. The van der Waals surface area contributed by atoms with Crippen LogP contribution in [0, 0.1) is 0 Å². The Balaban J connectivity index is 1.62. The largest absolute Gasteiger partial charge is 0.471 e. The van der Waals surface area contributed by atoms with Crippen molar-refractivity contribution in [1.29, 1.82) is 0 Å². The lowest BCUT2D eigenvalue weighted by Gasteiger charge is -2.15. The van der Waals surface area contributed by atoms with E-state index in [1.165, 1.54) is 14.2 Å². The molecule has 0 bridgehead atoms. The molecule has 1 aliphatic carbocycles. The highest BCUT2D eigenvalue weighted by molar-refractivity contribution is 5.89. The van der Waals surface area contributed by atoms with Crippen LogP contribution in [0.3, 0.4) is 0 Å². The Morgan fingerprint density at radius 3 is 2.54 bits per heavy atom. The van der Waals surface area contributed by atoms with E-state index in [1.54, 1.807) is 24.3 Å². The molecule has 1 N–H and O–H groups in total. The predicted molar refractivity (Wildman–Crippen MR) is 81.7 cm³/mol. The minimum Gasteiger partial charge on any atom is -0.378 e. The number of carbonyl (C=O) groups excluding carboxylic acids is 1. The zero-order valence-electron chi connectivity index (χ0n) is 14.0. The van der Waals surface area contributed by atoms with Crippen LogP contribution in [0.5, 0.6) is 0 Å². The van der Waals surface area contributed by atoms with Crippen molar-refractivity contribution < 1.29 is 32.0 Å². The minimum atomic E-state index is -4.68. The van der Waals surface area contributed by atoms with Crippen molar-refractivity contribution in [3.8, 4) is 11.4 Å². The molecule has 0 saturated heterocycles. The van der Waals surface area contributed by atoms with Gasteiger partial charge in [0.05, 0.1) is 6.10 Å². The maximum atomic E-state index is 12.5. The number of benzene rings is 1. The average Bonchev–Trinajstić information content (AvgIpc) is 3.14. The molecular formula is C16H16F3N3O4. The first-order chi connectivity index (χ1) is 12.3. The van der Waals surface area contributed by atoms with Crippen molar-refractivity contribution >= 4 is 5.91 Å². The molecule has 7 nitrogen and oxygen atoms in total. The lowest BCUT2D eigenvalue weighted by molar-refractivity contribution is -0.159. The molecular weight excluding hydrogens is 355 g/mol. The summed E-state index contributed by atoms with van der Waals surface area (Å²) < 4.78 is 52.1. The molecule has 3 rings (SSSR count). The number of nitrogens with one attached hydrogen (secondary N) is 1. The molecule has 26 heavy (non-hydrogen) atoms. The Morgan fingerprint density at radius 2 is 2.04 bits per heavy atom. The summed E-state index contributed by atoms with van der Waals surface area (Å²) in [7, 11) is 2.97. The van der Waals surface area contributed by atoms with Crippen LogP contribution in [-0.2, 0) is 27.0 Å². The summed E-state index contributed by atoms with van der Waals surface area (Å²) in [6, 6.07) is 6.40. The number of carbonyl (C=O) groups is 1. The Bertz CT molecular complexity index is 791. The van der Waals surface area contributed by atoms with Crippen molar-refractivity contribution in [3.05, 3.63) is 35.7 Å². The van der Waals surface area contributed by atoms with Gasteiger partial charge in [0.1, 0.15) is 0 Å². The molecule has 2 aromatic rings. The van der Waals surface area contributed by atoms with Crippen LogP contribution >= 0.6 is 0 Å². The van der Waals surface area contributed by atoms with Crippen LogP contribution < -0.4 is 5.32 Å². The van der Waals surface area contributed by atoms with Gasteiger partial charge in [-0.05, 0) is 5.56 Å². The van der Waals surface area contributed by atoms with Gasteiger partial charge in [0, 0.05) is 32.7 Å². The third-order valence-electron chi connectivity index (χ3n) is 4.22.